The number of thiazole rings is 1. The molecule has 12 nitrogen and oxygen atoms in total. The number of ether oxygens (including phenoxy) is 2. The number of carbonyl (C=O) groups excluding carboxylic acids is 3. The van der Waals surface area contributed by atoms with E-state index in [9.17, 15) is 24.6 Å². The van der Waals surface area contributed by atoms with E-state index in [1.54, 1.807) is 17.4 Å². The summed E-state index contributed by atoms with van der Waals surface area (Å²) in [7, 11) is 1.58. The minimum Gasteiger partial charge on any atom is -0.390 e. The highest BCUT2D eigenvalue weighted by Gasteiger charge is 2.35. The second-order valence-electron chi connectivity index (χ2n) is 14.7. The van der Waals surface area contributed by atoms with Crippen LogP contribution in [-0.4, -0.2) is 101 Å². The second kappa shape index (κ2) is 20.8. The number of nitrogens with one attached hydrogen (secondary N) is 1. The average Bonchev–Trinajstić information content (AvgIpc) is 3.54. The molecule has 0 bridgehead atoms. The molecule has 4 atom stereocenters. The molecule has 1 aromatic carbocycles. The van der Waals surface area contributed by atoms with Gasteiger partial charge in [0.15, 0.2) is 5.13 Å². The van der Waals surface area contributed by atoms with Crippen LogP contribution in [0, 0.1) is 17.8 Å². The topological polar surface area (TPSA) is 168 Å². The lowest BCUT2D eigenvalue weighted by molar-refractivity contribution is -0.145. The second-order valence-corrected chi connectivity index (χ2v) is 15.6. The quantitative estimate of drug-likeness (QED) is 0.156. The highest BCUT2D eigenvalue weighted by molar-refractivity contribution is 7.13. The van der Waals surface area contributed by atoms with Crippen LogP contribution < -0.4 is 11.1 Å². The first-order valence-corrected chi connectivity index (χ1v) is 19.5. The van der Waals surface area contributed by atoms with Gasteiger partial charge in [0.1, 0.15) is 19.4 Å². The maximum absolute atomic E-state index is 14.2. The zero-order valence-electron chi connectivity index (χ0n) is 30.6. The molecule has 0 unspecified atom stereocenters. The van der Waals surface area contributed by atoms with Gasteiger partial charge in [-0.1, -0.05) is 76.3 Å². The lowest BCUT2D eigenvalue weighted by Gasteiger charge is -2.34. The molecule has 1 saturated heterocycles. The summed E-state index contributed by atoms with van der Waals surface area (Å²) in [5.41, 5.74) is 7.40. The molecule has 4 rings (SSSR count). The fraction of sp³-hybridized carbons (Fsp3) is 0.684. The number of benzene rings is 1. The van der Waals surface area contributed by atoms with Gasteiger partial charge in [-0.3, -0.25) is 14.4 Å². The lowest BCUT2D eigenvalue weighted by Crippen LogP contribution is -2.52. The molecule has 5 N–H and O–H groups in total. The summed E-state index contributed by atoms with van der Waals surface area (Å²) < 4.78 is 10.7. The minimum absolute atomic E-state index is 0.0158. The first-order valence-electron chi connectivity index (χ1n) is 18.6. The Morgan fingerprint density at radius 1 is 1.08 bits per heavy atom. The van der Waals surface area contributed by atoms with Crippen molar-refractivity contribution in [3.05, 3.63) is 47.0 Å². The van der Waals surface area contributed by atoms with E-state index in [2.05, 4.69) is 10.3 Å². The summed E-state index contributed by atoms with van der Waals surface area (Å²) in [6.07, 6.45) is 5.58. The number of nitrogens with zero attached hydrogens (tertiary/aromatic N) is 3. The smallest absolute Gasteiger partial charge is 0.242 e. The first-order chi connectivity index (χ1) is 24.5. The van der Waals surface area contributed by atoms with Crippen LogP contribution in [0.25, 0.3) is 0 Å². The van der Waals surface area contributed by atoms with Gasteiger partial charge in [-0.25, -0.2) is 4.98 Å². The molecule has 1 aliphatic carbocycles. The number of aromatic nitrogens is 1. The van der Waals surface area contributed by atoms with Crippen molar-refractivity contribution >= 4 is 34.2 Å². The molecule has 2 aliphatic rings. The van der Waals surface area contributed by atoms with E-state index in [0.29, 0.717) is 55.5 Å². The third kappa shape index (κ3) is 13.4. The van der Waals surface area contributed by atoms with E-state index >= 15 is 0 Å². The van der Waals surface area contributed by atoms with Crippen molar-refractivity contribution in [2.75, 3.05) is 39.3 Å². The molecule has 1 saturated carbocycles. The first kappa shape index (κ1) is 40.7. The van der Waals surface area contributed by atoms with E-state index in [1.807, 2.05) is 44.2 Å². The zero-order valence-corrected chi connectivity index (χ0v) is 31.4. The number of anilines is 1. The Labute approximate surface area is 307 Å². The fourth-order valence-electron chi connectivity index (χ4n) is 7.26. The number of piperidine rings is 1. The molecule has 13 heteroatoms. The fourth-order valence-corrected chi connectivity index (χ4v) is 7.83. The number of nitrogen functional groups attached to an aromatic ring is 1. The number of rotatable bonds is 19. The predicted molar refractivity (Wildman–Crippen MR) is 197 cm³/mol. The molecular weight excluding hydrogens is 671 g/mol. The van der Waals surface area contributed by atoms with Gasteiger partial charge in [0, 0.05) is 45.0 Å². The third-order valence-corrected chi connectivity index (χ3v) is 10.8. The van der Waals surface area contributed by atoms with Crippen molar-refractivity contribution in [1.29, 1.82) is 0 Å². The van der Waals surface area contributed by atoms with Crippen molar-refractivity contribution < 1.29 is 34.1 Å². The molecule has 51 heavy (non-hydrogen) atoms. The third-order valence-electron chi connectivity index (χ3n) is 10.1. The van der Waals surface area contributed by atoms with Gasteiger partial charge in [0.2, 0.25) is 17.7 Å². The average molecular weight is 730 g/mol. The van der Waals surface area contributed by atoms with Crippen LogP contribution in [0.5, 0.6) is 0 Å². The van der Waals surface area contributed by atoms with Gasteiger partial charge in [-0.05, 0) is 43.1 Å². The van der Waals surface area contributed by atoms with Crippen LogP contribution >= 0.6 is 11.3 Å². The molecule has 1 aromatic heterocycles. The summed E-state index contributed by atoms with van der Waals surface area (Å²) in [4.78, 5) is 49.7. The van der Waals surface area contributed by atoms with Crippen molar-refractivity contribution in [3.63, 3.8) is 0 Å². The highest BCUT2D eigenvalue weighted by atomic mass is 32.1. The normalized spacial score (nSPS) is 18.3. The molecular formula is C38H59N5O7S. The number of methoxy groups -OCH3 is 1. The number of aliphatic hydroxyl groups is 2. The number of aliphatic hydroxyl groups excluding tert-OH is 2. The van der Waals surface area contributed by atoms with Crippen molar-refractivity contribution in [3.8, 4) is 0 Å². The number of hydrogen-bond donors (Lipinski definition) is 4. The van der Waals surface area contributed by atoms with Crippen LogP contribution in [-0.2, 0) is 36.8 Å². The predicted octanol–water partition coefficient (Wildman–Crippen LogP) is 4.14. The minimum atomic E-state index is -1.15. The maximum Gasteiger partial charge on any atom is 0.242 e. The Bertz CT molecular complexity index is 1350. The van der Waals surface area contributed by atoms with Gasteiger partial charge >= 0.3 is 0 Å². The number of hydrogen-bond acceptors (Lipinski definition) is 10. The van der Waals surface area contributed by atoms with E-state index in [-0.39, 0.29) is 56.6 Å². The number of amides is 3. The Morgan fingerprint density at radius 2 is 1.78 bits per heavy atom. The SMILES string of the molecule is COCOC1CCN(C(=O)CN(Cc2ccccc2)C(=O)C[C@@H](Cc2csc(N)n2)C(=O)N[C@@H](CC2CCCCC2)[C@@H](O)[C@@H](O)CC(C)C)CC1. The van der Waals surface area contributed by atoms with Gasteiger partial charge < -0.3 is 40.5 Å². The largest absolute Gasteiger partial charge is 0.390 e. The van der Waals surface area contributed by atoms with Crippen LogP contribution in [0.2, 0.25) is 0 Å². The van der Waals surface area contributed by atoms with Crippen LogP contribution in [0.15, 0.2) is 35.7 Å². The Morgan fingerprint density at radius 3 is 2.41 bits per heavy atom. The molecule has 2 heterocycles. The number of carbonyl (C=O) groups is 3. The van der Waals surface area contributed by atoms with E-state index in [0.717, 1.165) is 31.2 Å². The summed E-state index contributed by atoms with van der Waals surface area (Å²) in [6.45, 7) is 5.29. The van der Waals surface area contributed by atoms with Crippen molar-refractivity contribution in [2.45, 2.75) is 115 Å². The number of nitrogens with two attached hydrogens (primary N) is 1. The standard InChI is InChI=1S/C38H59N5O7S/c1-26(2)18-33(44)36(47)32(19-27-10-6-4-7-11-27)41-37(48)29(20-30-24-51-38(39)40-30)21-34(45)43(22-28-12-8-5-9-13-28)23-35(46)42-16-14-31(15-17-42)50-25-49-3/h5,8-9,12-13,24,26-27,29,31-33,36,44,47H,4,6-7,10-11,14-23,25H2,1-3H3,(H2,39,40)(H,41,48)/t29-,32+,33+,36-/m1/s1. The van der Waals surface area contributed by atoms with Gasteiger partial charge in [0.25, 0.3) is 0 Å². The van der Waals surface area contributed by atoms with Gasteiger partial charge in [-0.2, -0.15) is 0 Å². The van der Waals surface area contributed by atoms with Gasteiger partial charge in [0.05, 0.1) is 29.9 Å². The molecule has 0 radical (unpaired) electrons. The zero-order chi connectivity index (χ0) is 36.8. The van der Waals surface area contributed by atoms with E-state index < -0.39 is 30.1 Å². The molecule has 0 spiro atoms. The molecule has 3 amide bonds. The van der Waals surface area contributed by atoms with E-state index in [4.69, 9.17) is 15.2 Å². The van der Waals surface area contributed by atoms with Crippen molar-refractivity contribution in [1.82, 2.24) is 20.1 Å². The Balaban J connectivity index is 1.52. The Kier molecular flexibility index (Phi) is 16.6. The van der Waals surface area contributed by atoms with Crippen LogP contribution in [0.3, 0.4) is 0 Å². The molecule has 2 fully saturated rings. The number of likely N-dealkylation sites (tertiary alicyclic amines) is 1. The van der Waals surface area contributed by atoms with Crippen LogP contribution in [0.4, 0.5) is 5.13 Å². The molecule has 1 aliphatic heterocycles. The lowest BCUT2D eigenvalue weighted by atomic mass is 9.82. The summed E-state index contributed by atoms with van der Waals surface area (Å²) in [5, 5.41) is 27.5. The maximum atomic E-state index is 14.2. The van der Waals surface area contributed by atoms with Crippen molar-refractivity contribution in [2.24, 2.45) is 17.8 Å². The van der Waals surface area contributed by atoms with Gasteiger partial charge in [-0.15, -0.1) is 11.3 Å². The van der Waals surface area contributed by atoms with E-state index in [1.165, 1.54) is 22.7 Å². The summed E-state index contributed by atoms with van der Waals surface area (Å²) in [6, 6.07) is 8.81. The monoisotopic (exact) mass is 729 g/mol. The highest BCUT2D eigenvalue weighted by Crippen LogP contribution is 2.29. The molecule has 284 valence electrons. The molecule has 2 aromatic rings. The Hall–Kier alpha value is -3.10. The summed E-state index contributed by atoms with van der Waals surface area (Å²) >= 11 is 1.27. The van der Waals surface area contributed by atoms with Crippen LogP contribution in [0.1, 0.15) is 89.3 Å². The summed E-state index contributed by atoms with van der Waals surface area (Å²) in [5.74, 6) is -1.24.